The molecule has 48 heavy (non-hydrogen) atoms. The molecule has 2 aliphatic rings. The van der Waals surface area contributed by atoms with E-state index in [1.165, 1.54) is 18.2 Å². The average Bonchev–Trinajstić information content (AvgIpc) is 3.80. The number of carbonyl (C=O) groups excluding carboxylic acids is 1. The molecule has 2 aliphatic heterocycles. The number of amides is 1. The van der Waals surface area contributed by atoms with Gasteiger partial charge in [0.25, 0.3) is 0 Å². The number of rotatable bonds is 12. The van der Waals surface area contributed by atoms with Gasteiger partial charge in [0.15, 0.2) is 0 Å². The summed E-state index contributed by atoms with van der Waals surface area (Å²) in [6, 6.07) is 10.9. The Bertz CT molecular complexity index is 1750. The average molecular weight is 696 g/mol. The topological polar surface area (TPSA) is 105 Å². The maximum absolute atomic E-state index is 13.2. The Morgan fingerprint density at radius 2 is 1.67 bits per heavy atom. The lowest BCUT2D eigenvalue weighted by Gasteiger charge is -2.21. The third-order valence-corrected chi connectivity index (χ3v) is 9.27. The number of ether oxygens (including phenoxy) is 2. The standard InChI is InChI=1S/C36H48N5O3P.CH3ClO/c1-7-26-18-28-19-27-16-22(2)30(37-27)20-33-24(4)29(8-9-35(42)41(6)10-11-43-12-13-44-14-15-45)36(40-33)25(5)32-17-23(3)31(39-32)21-34(26)38-28;1-3-2/h16-21,24,29,37-38H,7-15,45H2,1-6H3;1H3/t24?,29-;/m0./s1. The van der Waals surface area contributed by atoms with Gasteiger partial charge < -0.3 is 24.3 Å². The summed E-state index contributed by atoms with van der Waals surface area (Å²) in [6.45, 7) is 13.7. The van der Waals surface area contributed by atoms with Crippen molar-refractivity contribution in [3.8, 4) is 0 Å². The van der Waals surface area contributed by atoms with E-state index in [2.05, 4.69) is 106 Å². The molecule has 0 spiro atoms. The van der Waals surface area contributed by atoms with Gasteiger partial charge in [0.05, 0.1) is 56.8 Å². The second-order valence-corrected chi connectivity index (χ2v) is 13.3. The first-order valence-electron chi connectivity index (χ1n) is 16.7. The molecule has 9 nitrogen and oxygen atoms in total. The van der Waals surface area contributed by atoms with Crippen LogP contribution in [0, 0.1) is 13.8 Å². The normalized spacial score (nSPS) is 15.6. The monoisotopic (exact) mass is 695 g/mol. The molecule has 3 aromatic heterocycles. The predicted octanol–water partition coefficient (Wildman–Crippen LogP) is 7.88. The van der Waals surface area contributed by atoms with Crippen molar-refractivity contribution in [1.82, 2.24) is 24.8 Å². The number of carbonyl (C=O) groups is 1. The molecule has 3 aromatic rings. The van der Waals surface area contributed by atoms with Crippen molar-refractivity contribution < 1.29 is 18.6 Å². The Kier molecular flexibility index (Phi) is 14.2. The minimum absolute atomic E-state index is 0.109. The van der Waals surface area contributed by atoms with E-state index in [-0.39, 0.29) is 17.7 Å². The lowest BCUT2D eigenvalue weighted by Crippen LogP contribution is -2.30. The van der Waals surface area contributed by atoms with Gasteiger partial charge in [0.2, 0.25) is 5.91 Å². The van der Waals surface area contributed by atoms with Gasteiger partial charge in [0, 0.05) is 65.3 Å². The fraction of sp³-hybridized carbons (Fsp3) is 0.486. The molecule has 260 valence electrons. The van der Waals surface area contributed by atoms with Gasteiger partial charge in [-0.25, -0.2) is 4.98 Å². The molecule has 2 N–H and O–H groups in total. The van der Waals surface area contributed by atoms with E-state index in [0.717, 1.165) is 68.6 Å². The fourth-order valence-electron chi connectivity index (χ4n) is 6.20. The van der Waals surface area contributed by atoms with Gasteiger partial charge in [-0.15, -0.1) is 9.24 Å². The minimum Gasteiger partial charge on any atom is -0.379 e. The number of nitrogens with zero attached hydrogens (tertiary/aromatic N) is 3. The Morgan fingerprint density at radius 1 is 0.979 bits per heavy atom. The molecular formula is C37H51ClN5O4P. The van der Waals surface area contributed by atoms with E-state index >= 15 is 0 Å². The summed E-state index contributed by atoms with van der Waals surface area (Å²) in [4.78, 5) is 32.5. The number of H-pyrrole nitrogens is 2. The molecule has 8 bridgehead atoms. The lowest BCUT2D eigenvalue weighted by atomic mass is 9.85. The van der Waals surface area contributed by atoms with Crippen molar-refractivity contribution in [2.75, 3.05) is 53.3 Å². The van der Waals surface area contributed by atoms with Crippen LogP contribution in [0.2, 0.25) is 0 Å². The third-order valence-electron chi connectivity index (χ3n) is 9.03. The van der Waals surface area contributed by atoms with Gasteiger partial charge >= 0.3 is 0 Å². The van der Waals surface area contributed by atoms with E-state index < -0.39 is 0 Å². The number of likely N-dealkylation sites (N-methyl/N-ethyl adjacent to an activating group) is 1. The van der Waals surface area contributed by atoms with E-state index in [0.29, 0.717) is 45.8 Å². The van der Waals surface area contributed by atoms with E-state index in [1.54, 1.807) is 4.90 Å². The molecule has 5 rings (SSSR count). The van der Waals surface area contributed by atoms with Crippen LogP contribution in [-0.2, 0) is 25.0 Å². The van der Waals surface area contributed by atoms with Crippen LogP contribution < -0.4 is 0 Å². The molecule has 0 fully saturated rings. The summed E-state index contributed by atoms with van der Waals surface area (Å²) >= 11 is 4.50. The van der Waals surface area contributed by atoms with Crippen molar-refractivity contribution in [1.29, 1.82) is 0 Å². The molecule has 1 amide bonds. The second kappa shape index (κ2) is 18.1. The molecule has 0 aromatic carbocycles. The van der Waals surface area contributed by atoms with Crippen LogP contribution in [-0.4, -0.2) is 84.0 Å². The quantitative estimate of drug-likeness (QED) is 0.148. The molecule has 11 heteroatoms. The number of aryl methyl sites for hydroxylation is 2. The van der Waals surface area contributed by atoms with Crippen LogP contribution in [0.5, 0.6) is 0 Å². The number of halogens is 1. The summed E-state index contributed by atoms with van der Waals surface area (Å²) in [5, 5.41) is 0. The Hall–Kier alpha value is -3.07. The van der Waals surface area contributed by atoms with Crippen LogP contribution in [0.3, 0.4) is 0 Å². The van der Waals surface area contributed by atoms with Crippen molar-refractivity contribution in [3.05, 3.63) is 69.8 Å². The van der Waals surface area contributed by atoms with Crippen LogP contribution in [0.25, 0.3) is 33.7 Å². The van der Waals surface area contributed by atoms with Crippen molar-refractivity contribution in [2.24, 2.45) is 0 Å². The largest absolute Gasteiger partial charge is 0.379 e. The number of nitrogens with one attached hydrogen (secondary N) is 2. The third kappa shape index (κ3) is 9.54. The summed E-state index contributed by atoms with van der Waals surface area (Å²) in [6.07, 6.45) is 5.18. The van der Waals surface area contributed by atoms with Crippen molar-refractivity contribution >= 4 is 60.7 Å². The van der Waals surface area contributed by atoms with Gasteiger partial charge in [-0.1, -0.05) is 13.8 Å². The number of aromatic amines is 2. The highest BCUT2D eigenvalue weighted by molar-refractivity contribution is 7.16. The van der Waals surface area contributed by atoms with Crippen molar-refractivity contribution in [3.63, 3.8) is 0 Å². The summed E-state index contributed by atoms with van der Waals surface area (Å²) in [7, 11) is 5.89. The van der Waals surface area contributed by atoms with E-state index in [9.17, 15) is 4.79 Å². The molecule has 0 saturated carbocycles. The SMILES string of the molecule is CCc1cc2cc3cc(C)c(cc4nc(c(C)c5nc(cc1[nH]2)C(C)=C5)[C@@H](CCC(=O)N(C)CCOCCOCCP)C4C)[nH]3.COCl. The van der Waals surface area contributed by atoms with E-state index in [4.69, 9.17) is 19.4 Å². The molecule has 0 saturated heterocycles. The zero-order valence-electron chi connectivity index (χ0n) is 29.4. The molecule has 3 atom stereocenters. The number of allylic oxidation sites excluding steroid dienone is 1. The lowest BCUT2D eigenvalue weighted by molar-refractivity contribution is -0.130. The van der Waals surface area contributed by atoms with Crippen LogP contribution in [0.15, 0.2) is 30.3 Å². The molecule has 0 aliphatic carbocycles. The highest BCUT2D eigenvalue weighted by Crippen LogP contribution is 2.41. The van der Waals surface area contributed by atoms with Crippen LogP contribution in [0.4, 0.5) is 0 Å². The van der Waals surface area contributed by atoms with Gasteiger partial charge in [0.1, 0.15) is 0 Å². The highest BCUT2D eigenvalue weighted by Gasteiger charge is 2.31. The zero-order chi connectivity index (χ0) is 34.8. The second-order valence-electron chi connectivity index (χ2n) is 12.4. The Labute approximate surface area is 292 Å². The van der Waals surface area contributed by atoms with E-state index in [1.807, 2.05) is 7.05 Å². The first-order valence-corrected chi connectivity index (χ1v) is 17.9. The highest BCUT2D eigenvalue weighted by atomic mass is 35.5. The summed E-state index contributed by atoms with van der Waals surface area (Å²) in [5.41, 5.74) is 12.9. The Balaban J connectivity index is 0.00000167. The Morgan fingerprint density at radius 3 is 2.38 bits per heavy atom. The maximum Gasteiger partial charge on any atom is 0.222 e. The zero-order valence-corrected chi connectivity index (χ0v) is 31.3. The fourth-order valence-corrected chi connectivity index (χ4v) is 6.36. The minimum atomic E-state index is 0.109. The van der Waals surface area contributed by atoms with Crippen LogP contribution >= 0.6 is 21.1 Å². The molecule has 0 radical (unpaired) electrons. The number of hydrogen-bond acceptors (Lipinski definition) is 6. The van der Waals surface area contributed by atoms with Gasteiger partial charge in [-0.05, 0) is 98.4 Å². The van der Waals surface area contributed by atoms with Crippen molar-refractivity contribution in [2.45, 2.75) is 65.7 Å². The summed E-state index contributed by atoms with van der Waals surface area (Å²) in [5.74, 6) is 0.384. The number of fused-ring (bicyclic) bond motifs is 8. The van der Waals surface area contributed by atoms with Crippen LogP contribution in [0.1, 0.15) is 84.9 Å². The smallest absolute Gasteiger partial charge is 0.222 e. The number of hydrogen-bond donors (Lipinski definition) is 2. The first-order chi connectivity index (χ1) is 23.1. The molecular weight excluding hydrogens is 645 g/mol. The molecule has 5 heterocycles. The summed E-state index contributed by atoms with van der Waals surface area (Å²) < 4.78 is 14.8. The maximum atomic E-state index is 13.2. The van der Waals surface area contributed by atoms with Gasteiger partial charge in [-0.3, -0.25) is 14.1 Å². The molecule has 2 unspecified atom stereocenters. The van der Waals surface area contributed by atoms with Gasteiger partial charge in [-0.2, -0.15) is 0 Å². The number of aromatic nitrogens is 4. The first kappa shape index (κ1) is 37.7. The predicted molar refractivity (Wildman–Crippen MR) is 201 cm³/mol.